The summed E-state index contributed by atoms with van der Waals surface area (Å²) in [6, 6.07) is 8.59. The van der Waals surface area contributed by atoms with Gasteiger partial charge < -0.3 is 10.2 Å². The summed E-state index contributed by atoms with van der Waals surface area (Å²) < 4.78 is 15.2. The third kappa shape index (κ3) is 3.96. The zero-order valence-corrected chi connectivity index (χ0v) is 13.0. The fourth-order valence-electron chi connectivity index (χ4n) is 2.98. The van der Waals surface area contributed by atoms with E-state index in [-0.39, 0.29) is 12.4 Å². The van der Waals surface area contributed by atoms with Gasteiger partial charge in [0.15, 0.2) is 0 Å². The van der Waals surface area contributed by atoms with Crippen LogP contribution < -0.4 is 0 Å². The fourth-order valence-corrected chi connectivity index (χ4v) is 2.98. The molecule has 6 heteroatoms. The average molecular weight is 319 g/mol. The maximum absolute atomic E-state index is 13.2. The van der Waals surface area contributed by atoms with Crippen molar-refractivity contribution in [1.82, 2.24) is 14.7 Å². The molecule has 0 fully saturated rings. The molecule has 0 spiro atoms. The van der Waals surface area contributed by atoms with E-state index in [9.17, 15) is 9.50 Å². The molecule has 1 aromatic heterocycles. The summed E-state index contributed by atoms with van der Waals surface area (Å²) in [5, 5.41) is 23.1. The largest absolute Gasteiger partial charge is 0.393 e. The lowest BCUT2D eigenvalue weighted by atomic mass is 10.1. The molecule has 1 atom stereocenters. The Kier molecular flexibility index (Phi) is 5.05. The third-order valence-corrected chi connectivity index (χ3v) is 4.23. The Morgan fingerprint density at radius 2 is 2.13 bits per heavy atom. The van der Waals surface area contributed by atoms with Crippen molar-refractivity contribution in [2.75, 3.05) is 19.7 Å². The Morgan fingerprint density at radius 1 is 1.26 bits per heavy atom. The number of nitrogens with zero attached hydrogens (tertiary/aromatic N) is 3. The van der Waals surface area contributed by atoms with Crippen molar-refractivity contribution in [3.63, 3.8) is 0 Å². The predicted molar refractivity (Wildman–Crippen MR) is 84.3 cm³/mol. The van der Waals surface area contributed by atoms with Crippen molar-refractivity contribution in [2.24, 2.45) is 0 Å². The van der Waals surface area contributed by atoms with Gasteiger partial charge in [-0.15, -0.1) is 0 Å². The van der Waals surface area contributed by atoms with Crippen LogP contribution in [0.4, 0.5) is 4.39 Å². The van der Waals surface area contributed by atoms with Crippen LogP contribution in [0.5, 0.6) is 0 Å². The van der Waals surface area contributed by atoms with E-state index in [1.165, 1.54) is 6.07 Å². The number of benzene rings is 1. The molecule has 23 heavy (non-hydrogen) atoms. The van der Waals surface area contributed by atoms with Crippen LogP contribution in [-0.4, -0.2) is 44.6 Å². The van der Waals surface area contributed by atoms with Crippen molar-refractivity contribution < 1.29 is 14.6 Å². The molecule has 2 heterocycles. The molecule has 1 unspecified atom stereocenters. The Hall–Kier alpha value is -1.76. The first-order chi connectivity index (χ1) is 11.2. The van der Waals surface area contributed by atoms with E-state index < -0.39 is 6.10 Å². The minimum atomic E-state index is -0.921. The summed E-state index contributed by atoms with van der Waals surface area (Å²) in [7, 11) is 0. The monoisotopic (exact) mass is 319 g/mol. The quantitative estimate of drug-likeness (QED) is 0.877. The minimum Gasteiger partial charge on any atom is -0.393 e. The second-order valence-electron chi connectivity index (χ2n) is 5.99. The minimum absolute atomic E-state index is 0.195. The fraction of sp³-hybridized carbons (Fsp3) is 0.471. The van der Waals surface area contributed by atoms with Crippen LogP contribution in [0.3, 0.4) is 0 Å². The van der Waals surface area contributed by atoms with Gasteiger partial charge in [0.05, 0.1) is 18.0 Å². The molecule has 5 nitrogen and oxygen atoms in total. The van der Waals surface area contributed by atoms with Gasteiger partial charge in [0.25, 0.3) is 0 Å². The van der Waals surface area contributed by atoms with Crippen LogP contribution >= 0.6 is 0 Å². The molecule has 0 saturated carbocycles. The van der Waals surface area contributed by atoms with Gasteiger partial charge in [-0.05, 0) is 36.6 Å². The van der Waals surface area contributed by atoms with E-state index in [0.29, 0.717) is 5.69 Å². The van der Waals surface area contributed by atoms with Gasteiger partial charge in [0, 0.05) is 26.2 Å². The Labute approximate surface area is 135 Å². The first-order valence-electron chi connectivity index (χ1n) is 7.98. The van der Waals surface area contributed by atoms with Crippen LogP contribution in [-0.2, 0) is 19.5 Å². The zero-order valence-electron chi connectivity index (χ0n) is 13.0. The topological polar surface area (TPSA) is 61.5 Å². The molecule has 3 rings (SSSR count). The summed E-state index contributed by atoms with van der Waals surface area (Å²) in [4.78, 5) is 2.32. The number of hydrogen-bond donors (Lipinski definition) is 2. The van der Waals surface area contributed by atoms with Crippen molar-refractivity contribution in [3.05, 3.63) is 53.1 Å². The summed E-state index contributed by atoms with van der Waals surface area (Å²) in [5.41, 5.74) is 2.57. The second kappa shape index (κ2) is 7.21. The average Bonchev–Trinajstić information content (AvgIpc) is 2.85. The van der Waals surface area contributed by atoms with Crippen molar-refractivity contribution in [3.8, 4) is 0 Å². The van der Waals surface area contributed by atoms with Crippen molar-refractivity contribution >= 4 is 0 Å². The smallest absolute Gasteiger partial charge is 0.123 e. The van der Waals surface area contributed by atoms with Gasteiger partial charge in [-0.1, -0.05) is 12.1 Å². The van der Waals surface area contributed by atoms with Gasteiger partial charge in [-0.3, -0.25) is 9.58 Å². The molecule has 2 N–H and O–H groups in total. The number of aryl methyl sites for hydroxylation is 1. The van der Waals surface area contributed by atoms with E-state index in [1.807, 2.05) is 16.8 Å². The Morgan fingerprint density at radius 3 is 2.91 bits per heavy atom. The highest BCUT2D eigenvalue weighted by atomic mass is 19.1. The molecular weight excluding hydrogens is 297 g/mol. The molecule has 0 saturated heterocycles. The third-order valence-electron chi connectivity index (χ3n) is 4.23. The van der Waals surface area contributed by atoms with Crippen LogP contribution in [0.25, 0.3) is 0 Å². The number of aromatic nitrogens is 2. The second-order valence-corrected chi connectivity index (χ2v) is 5.99. The standard InChI is InChI=1S/C17H22FN3O2/c18-14-4-1-3-13(9-14)5-8-20-6-2-7-21-15(11-20)10-16(19-21)17(23)12-22/h1,3-4,9-10,17,22-23H,2,5-8,11-12H2. The number of hydrogen-bond acceptors (Lipinski definition) is 4. The van der Waals surface area contributed by atoms with E-state index in [2.05, 4.69) is 10.00 Å². The molecule has 2 aromatic rings. The summed E-state index contributed by atoms with van der Waals surface area (Å²) in [6.07, 6.45) is 0.861. The first-order valence-corrected chi connectivity index (χ1v) is 7.98. The van der Waals surface area contributed by atoms with Gasteiger partial charge >= 0.3 is 0 Å². The highest BCUT2D eigenvalue weighted by Gasteiger charge is 2.19. The van der Waals surface area contributed by atoms with Crippen LogP contribution in [0.1, 0.15) is 29.5 Å². The lowest BCUT2D eigenvalue weighted by molar-refractivity contribution is 0.0916. The highest BCUT2D eigenvalue weighted by Crippen LogP contribution is 2.18. The molecule has 0 bridgehead atoms. The first kappa shape index (κ1) is 16.1. The Bertz CT molecular complexity index is 659. The molecular formula is C17H22FN3O2. The van der Waals surface area contributed by atoms with Crippen molar-refractivity contribution in [2.45, 2.75) is 32.0 Å². The van der Waals surface area contributed by atoms with E-state index in [4.69, 9.17) is 5.11 Å². The van der Waals surface area contributed by atoms with E-state index in [1.54, 1.807) is 12.1 Å². The summed E-state index contributed by atoms with van der Waals surface area (Å²) in [5.74, 6) is -0.195. The molecule has 0 aliphatic carbocycles. The molecule has 124 valence electrons. The molecule has 0 radical (unpaired) electrons. The predicted octanol–water partition coefficient (Wildman–Crippen LogP) is 1.50. The summed E-state index contributed by atoms with van der Waals surface area (Å²) >= 11 is 0. The lowest BCUT2D eigenvalue weighted by Crippen LogP contribution is -2.25. The zero-order chi connectivity index (χ0) is 16.2. The maximum Gasteiger partial charge on any atom is 0.123 e. The van der Waals surface area contributed by atoms with E-state index >= 15 is 0 Å². The number of fused-ring (bicyclic) bond motifs is 1. The number of rotatable bonds is 5. The van der Waals surface area contributed by atoms with Crippen molar-refractivity contribution in [1.29, 1.82) is 0 Å². The number of aliphatic hydroxyl groups excluding tert-OH is 2. The van der Waals surface area contributed by atoms with Gasteiger partial charge in [0.2, 0.25) is 0 Å². The van der Waals surface area contributed by atoms with Gasteiger partial charge in [-0.2, -0.15) is 5.10 Å². The maximum atomic E-state index is 13.2. The molecule has 1 aromatic carbocycles. The normalized spacial score (nSPS) is 16.8. The SMILES string of the molecule is OCC(O)c1cc2n(n1)CCCN(CCc1cccc(F)c1)C2. The number of halogens is 1. The number of aliphatic hydroxyl groups is 2. The van der Waals surface area contributed by atoms with E-state index in [0.717, 1.165) is 50.3 Å². The Balaban J connectivity index is 1.65. The van der Waals surface area contributed by atoms with Crippen LogP contribution in [0.15, 0.2) is 30.3 Å². The van der Waals surface area contributed by atoms with Gasteiger partial charge in [-0.25, -0.2) is 4.39 Å². The van der Waals surface area contributed by atoms with Crippen LogP contribution in [0, 0.1) is 5.82 Å². The molecule has 1 aliphatic heterocycles. The molecule has 1 aliphatic rings. The lowest BCUT2D eigenvalue weighted by Gasteiger charge is -2.19. The summed E-state index contributed by atoms with van der Waals surface area (Å²) in [6.45, 7) is 3.06. The van der Waals surface area contributed by atoms with Crippen LogP contribution in [0.2, 0.25) is 0 Å². The highest BCUT2D eigenvalue weighted by molar-refractivity contribution is 5.17. The molecule has 0 amide bonds. The van der Waals surface area contributed by atoms with Gasteiger partial charge in [0.1, 0.15) is 11.9 Å².